The number of ketones is 1. The van der Waals surface area contributed by atoms with E-state index in [0.29, 0.717) is 23.6 Å². The van der Waals surface area contributed by atoms with Crippen LogP contribution in [-0.4, -0.2) is 75.1 Å². The summed E-state index contributed by atoms with van der Waals surface area (Å²) in [4.78, 5) is 29.5. The Morgan fingerprint density at radius 2 is 1.70 bits per heavy atom. The van der Waals surface area contributed by atoms with E-state index in [9.17, 15) is 19.1 Å². The van der Waals surface area contributed by atoms with E-state index in [2.05, 4.69) is 0 Å². The predicted octanol–water partition coefficient (Wildman–Crippen LogP) is 2.83. The molecule has 9 heteroatoms. The summed E-state index contributed by atoms with van der Waals surface area (Å²) in [5.74, 6) is -1.79. The van der Waals surface area contributed by atoms with Gasteiger partial charge in [0.05, 0.1) is 38.5 Å². The van der Waals surface area contributed by atoms with Gasteiger partial charge < -0.3 is 29.1 Å². The van der Waals surface area contributed by atoms with Crippen molar-refractivity contribution in [2.24, 2.45) is 0 Å². The van der Waals surface area contributed by atoms with Crippen LogP contribution in [0.2, 0.25) is 0 Å². The summed E-state index contributed by atoms with van der Waals surface area (Å²) in [5.41, 5.74) is 0.232. The monoisotopic (exact) mass is 458 g/mol. The molecule has 1 fully saturated rings. The van der Waals surface area contributed by atoms with Gasteiger partial charge in [0.2, 0.25) is 0 Å². The number of likely N-dealkylation sites (N-methyl/N-ethyl adjacent to an activating group) is 1. The second kappa shape index (κ2) is 9.91. The molecule has 1 amide bonds. The largest absolute Gasteiger partial charge is 0.507 e. The third-order valence-corrected chi connectivity index (χ3v) is 5.48. The number of amides is 1. The van der Waals surface area contributed by atoms with Crippen molar-refractivity contribution < 1.29 is 33.3 Å². The SMILES string of the molecule is COc1ccc(OC)c(C2C(=C(O)c3cc(F)ccc3OC)C(=O)C(=O)N2CCN(C)C)c1. The number of hydrogen-bond donors (Lipinski definition) is 1. The minimum absolute atomic E-state index is 0.0324. The van der Waals surface area contributed by atoms with Gasteiger partial charge in [0.1, 0.15) is 28.8 Å². The maximum Gasteiger partial charge on any atom is 0.295 e. The van der Waals surface area contributed by atoms with E-state index in [-0.39, 0.29) is 23.4 Å². The second-order valence-corrected chi connectivity index (χ2v) is 7.75. The van der Waals surface area contributed by atoms with Crippen LogP contribution in [0.15, 0.2) is 42.0 Å². The zero-order chi connectivity index (χ0) is 24.3. The minimum atomic E-state index is -0.983. The van der Waals surface area contributed by atoms with Crippen LogP contribution in [0.4, 0.5) is 4.39 Å². The number of carbonyl (C=O) groups is 2. The first kappa shape index (κ1) is 24.1. The van der Waals surface area contributed by atoms with Crippen molar-refractivity contribution in [1.82, 2.24) is 9.80 Å². The number of methoxy groups -OCH3 is 3. The van der Waals surface area contributed by atoms with E-state index in [4.69, 9.17) is 14.2 Å². The Hall–Kier alpha value is -3.59. The highest BCUT2D eigenvalue weighted by Gasteiger charge is 2.47. The number of likely N-dealkylation sites (tertiary alicyclic amines) is 1. The van der Waals surface area contributed by atoms with Gasteiger partial charge in [-0.2, -0.15) is 0 Å². The van der Waals surface area contributed by atoms with E-state index in [0.717, 1.165) is 6.07 Å². The molecule has 2 aromatic carbocycles. The highest BCUT2D eigenvalue weighted by molar-refractivity contribution is 6.46. The number of rotatable bonds is 8. The summed E-state index contributed by atoms with van der Waals surface area (Å²) in [7, 11) is 8.01. The topological polar surface area (TPSA) is 88.5 Å². The molecule has 1 saturated heterocycles. The van der Waals surface area contributed by atoms with Crippen molar-refractivity contribution in [3.63, 3.8) is 0 Å². The van der Waals surface area contributed by atoms with Gasteiger partial charge >= 0.3 is 0 Å². The van der Waals surface area contributed by atoms with Crippen molar-refractivity contribution >= 4 is 17.4 Å². The van der Waals surface area contributed by atoms with Crippen LogP contribution in [0.1, 0.15) is 17.2 Å². The van der Waals surface area contributed by atoms with E-state index in [1.807, 2.05) is 19.0 Å². The highest BCUT2D eigenvalue weighted by Crippen LogP contribution is 2.44. The molecule has 1 unspecified atom stereocenters. The standard InChI is InChI=1S/C24H27FN2O6/c1-26(2)10-11-27-21(16-13-15(31-3)7-9-18(16)32-4)20(23(29)24(27)30)22(28)17-12-14(25)6-8-19(17)33-5/h6-9,12-13,21,28H,10-11H2,1-5H3. The first-order valence-corrected chi connectivity index (χ1v) is 10.2. The third kappa shape index (κ3) is 4.63. The first-order valence-electron chi connectivity index (χ1n) is 10.2. The minimum Gasteiger partial charge on any atom is -0.507 e. The number of halogens is 1. The smallest absolute Gasteiger partial charge is 0.295 e. The Bertz CT molecular complexity index is 1100. The Balaban J connectivity index is 2.30. The summed E-state index contributed by atoms with van der Waals surface area (Å²) in [6.45, 7) is 0.679. The van der Waals surface area contributed by atoms with Crippen molar-refractivity contribution in [2.45, 2.75) is 6.04 Å². The molecule has 0 aromatic heterocycles. The maximum atomic E-state index is 14.0. The van der Waals surface area contributed by atoms with Gasteiger partial charge in [0.15, 0.2) is 0 Å². The van der Waals surface area contributed by atoms with Gasteiger partial charge in [-0.15, -0.1) is 0 Å². The Morgan fingerprint density at radius 1 is 1.03 bits per heavy atom. The molecule has 1 atom stereocenters. The van der Waals surface area contributed by atoms with Crippen LogP contribution in [0.3, 0.4) is 0 Å². The van der Waals surface area contributed by atoms with Crippen molar-refractivity contribution in [3.8, 4) is 17.2 Å². The Kier molecular flexibility index (Phi) is 7.23. The normalized spacial score (nSPS) is 17.5. The van der Waals surface area contributed by atoms with Gasteiger partial charge in [-0.25, -0.2) is 4.39 Å². The number of nitrogens with zero attached hydrogens (tertiary/aromatic N) is 2. The molecule has 1 aliphatic heterocycles. The molecule has 176 valence electrons. The molecular formula is C24H27FN2O6. The van der Waals surface area contributed by atoms with E-state index >= 15 is 0 Å². The average Bonchev–Trinajstić information content (AvgIpc) is 3.06. The number of aliphatic hydroxyl groups excluding tert-OH is 1. The maximum absolute atomic E-state index is 14.0. The molecule has 0 radical (unpaired) electrons. The summed E-state index contributed by atoms with van der Waals surface area (Å²) in [6, 6.07) is 7.58. The lowest BCUT2D eigenvalue weighted by Crippen LogP contribution is -2.35. The average molecular weight is 458 g/mol. The number of benzene rings is 2. The summed E-state index contributed by atoms with van der Waals surface area (Å²) < 4.78 is 30.1. The molecule has 1 aliphatic rings. The van der Waals surface area contributed by atoms with E-state index in [1.54, 1.807) is 18.2 Å². The van der Waals surface area contributed by atoms with Gasteiger partial charge in [-0.3, -0.25) is 9.59 Å². The predicted molar refractivity (Wildman–Crippen MR) is 120 cm³/mol. The van der Waals surface area contributed by atoms with Crippen molar-refractivity contribution in [1.29, 1.82) is 0 Å². The Labute approximate surface area is 191 Å². The molecule has 0 aliphatic carbocycles. The van der Waals surface area contributed by atoms with Crippen LogP contribution < -0.4 is 14.2 Å². The van der Waals surface area contributed by atoms with Crippen LogP contribution in [0.25, 0.3) is 5.76 Å². The summed E-state index contributed by atoms with van der Waals surface area (Å²) >= 11 is 0. The summed E-state index contributed by atoms with van der Waals surface area (Å²) in [6.07, 6.45) is 0. The van der Waals surface area contributed by atoms with Crippen LogP contribution >= 0.6 is 0 Å². The first-order chi connectivity index (χ1) is 15.7. The molecule has 3 rings (SSSR count). The molecule has 0 saturated carbocycles. The fraction of sp³-hybridized carbons (Fsp3) is 0.333. The zero-order valence-corrected chi connectivity index (χ0v) is 19.2. The number of aliphatic hydroxyl groups is 1. The molecule has 1 N–H and O–H groups in total. The van der Waals surface area contributed by atoms with E-state index < -0.39 is 29.3 Å². The molecule has 0 spiro atoms. The van der Waals surface area contributed by atoms with Gasteiger partial charge in [0, 0.05) is 18.7 Å². The van der Waals surface area contributed by atoms with Gasteiger partial charge in [-0.05, 0) is 50.5 Å². The highest BCUT2D eigenvalue weighted by atomic mass is 19.1. The molecule has 8 nitrogen and oxygen atoms in total. The summed E-state index contributed by atoms with van der Waals surface area (Å²) in [5, 5.41) is 11.2. The van der Waals surface area contributed by atoms with Gasteiger partial charge in [-0.1, -0.05) is 0 Å². The molecule has 2 aromatic rings. The number of carbonyl (C=O) groups excluding carboxylic acids is 2. The second-order valence-electron chi connectivity index (χ2n) is 7.75. The number of ether oxygens (including phenoxy) is 3. The fourth-order valence-electron chi connectivity index (χ4n) is 3.81. The fourth-order valence-corrected chi connectivity index (χ4v) is 3.81. The Morgan fingerprint density at radius 3 is 2.30 bits per heavy atom. The molecule has 0 bridgehead atoms. The zero-order valence-electron chi connectivity index (χ0n) is 19.2. The van der Waals surface area contributed by atoms with Crippen LogP contribution in [0.5, 0.6) is 17.2 Å². The quantitative estimate of drug-likeness (QED) is 0.370. The van der Waals surface area contributed by atoms with Crippen LogP contribution in [0, 0.1) is 5.82 Å². The lowest BCUT2D eigenvalue weighted by Gasteiger charge is -2.28. The lowest BCUT2D eigenvalue weighted by atomic mass is 9.94. The number of Topliss-reactive ketones (excluding diaryl/α,β-unsaturated/α-hetero) is 1. The molecule has 33 heavy (non-hydrogen) atoms. The van der Waals surface area contributed by atoms with E-state index in [1.165, 1.54) is 38.4 Å². The number of hydrogen-bond acceptors (Lipinski definition) is 7. The van der Waals surface area contributed by atoms with Gasteiger partial charge in [0.25, 0.3) is 11.7 Å². The third-order valence-electron chi connectivity index (χ3n) is 5.48. The lowest BCUT2D eigenvalue weighted by molar-refractivity contribution is -0.140. The molecule has 1 heterocycles. The van der Waals surface area contributed by atoms with Crippen molar-refractivity contribution in [3.05, 3.63) is 58.9 Å². The van der Waals surface area contributed by atoms with Crippen LogP contribution in [-0.2, 0) is 9.59 Å². The van der Waals surface area contributed by atoms with Crippen molar-refractivity contribution in [2.75, 3.05) is 48.5 Å². The molecular weight excluding hydrogens is 431 g/mol.